The van der Waals surface area contributed by atoms with E-state index in [1.807, 2.05) is 19.1 Å². The lowest BCUT2D eigenvalue weighted by atomic mass is 10.2. The predicted molar refractivity (Wildman–Crippen MR) is 227 cm³/mol. The minimum absolute atomic E-state index is 0.0327. The van der Waals surface area contributed by atoms with Gasteiger partial charge < -0.3 is 23.8 Å². The van der Waals surface area contributed by atoms with Crippen molar-refractivity contribution in [1.29, 1.82) is 10.5 Å². The monoisotopic (exact) mass is 920 g/mol. The van der Waals surface area contributed by atoms with Crippen LogP contribution < -0.4 is 16.2 Å². The Balaban J connectivity index is 1.08. The van der Waals surface area contributed by atoms with Crippen molar-refractivity contribution in [3.8, 4) is 12.1 Å². The first-order valence-corrected chi connectivity index (χ1v) is 23.3. The average Bonchev–Trinajstić information content (AvgIpc) is 4.11. The number of fused-ring (bicyclic) bond motifs is 2. The highest BCUT2D eigenvalue weighted by atomic mass is 31.2. The number of nitriles is 2. The minimum atomic E-state index is -4.47. The molecule has 64 heavy (non-hydrogen) atoms. The van der Waals surface area contributed by atoms with Crippen LogP contribution in [0, 0.1) is 28.6 Å². The van der Waals surface area contributed by atoms with Crippen molar-refractivity contribution in [2.75, 3.05) is 43.2 Å². The standard InChI is InChI=1S/C39H46N12O11P2/c1-4-63(56-16-8-14-40)57-20-28-27(18-30(61-28)51-22-44-31-33(42-21-43-34(31)51)46-37(53)25-10-6-5-7-11-25)62-64(55,58-17-9-15-41)59-19-26-12-13-29(60-26)50-23-45-32-35(50)47-39(49-38(32)54)48-36(52)24(2)3/h5-7,10-11,21-24,26-30H,4,8-9,12-13,16-20H2,1-3H3,(H,42,43,46,53)(H2,47,48,49,52,54)/t26?,27-,28?,29?,30?,63?,64?/m0/s1. The maximum absolute atomic E-state index is 14.5. The van der Waals surface area contributed by atoms with Crippen LogP contribution >= 0.6 is 16.2 Å². The quantitative estimate of drug-likeness (QED) is 0.0605. The van der Waals surface area contributed by atoms with Crippen LogP contribution in [0.25, 0.3) is 22.3 Å². The molecule has 4 aromatic heterocycles. The van der Waals surface area contributed by atoms with Gasteiger partial charge in [0.15, 0.2) is 36.5 Å². The summed E-state index contributed by atoms with van der Waals surface area (Å²) in [5.41, 5.74) is 0.754. The van der Waals surface area contributed by atoms with Gasteiger partial charge in [-0.05, 0) is 25.0 Å². The number of nitrogens with zero attached hydrogens (tertiary/aromatic N) is 9. The van der Waals surface area contributed by atoms with Crippen LogP contribution in [0.1, 0.15) is 75.7 Å². The van der Waals surface area contributed by atoms with Crippen molar-refractivity contribution in [2.24, 2.45) is 5.92 Å². The zero-order chi connectivity index (χ0) is 45.2. The van der Waals surface area contributed by atoms with Gasteiger partial charge in [0.2, 0.25) is 11.9 Å². The SMILES string of the molecule is CCP(OCCC#N)OCC1OC(n2cnc3c(NC(=O)c4ccccc4)ncnc32)C[C@@H]1OP(=O)(OCCC#N)OCC1CCC(n2cnc3c(=O)[nH]c(NC(=O)C(C)C)nc32)O1. The fraction of sp³-hybridized carbons (Fsp3) is 0.487. The Kier molecular flexibility index (Phi) is 15.5. The highest BCUT2D eigenvalue weighted by Gasteiger charge is 2.44. The number of imidazole rings is 2. The molecule has 7 rings (SSSR count). The van der Waals surface area contributed by atoms with Gasteiger partial charge in [-0.15, -0.1) is 0 Å². The van der Waals surface area contributed by atoms with Crippen LogP contribution in [0.2, 0.25) is 0 Å². The predicted octanol–water partition coefficient (Wildman–Crippen LogP) is 5.49. The summed E-state index contributed by atoms with van der Waals surface area (Å²) < 4.78 is 60.2. The Morgan fingerprint density at radius 3 is 2.44 bits per heavy atom. The molecule has 2 saturated heterocycles. The molecule has 2 aliphatic heterocycles. The Morgan fingerprint density at radius 2 is 1.69 bits per heavy atom. The fourth-order valence-electron chi connectivity index (χ4n) is 6.74. The maximum Gasteiger partial charge on any atom is 0.475 e. The summed E-state index contributed by atoms with van der Waals surface area (Å²) in [6.07, 6.45) is 1.80. The number of phosphoric acid groups is 1. The maximum atomic E-state index is 14.5. The lowest BCUT2D eigenvalue weighted by molar-refractivity contribution is -0.118. The lowest BCUT2D eigenvalue weighted by Crippen LogP contribution is -2.29. The summed E-state index contributed by atoms with van der Waals surface area (Å²) in [4.78, 5) is 62.4. The Hall–Kier alpha value is -5.58. The van der Waals surface area contributed by atoms with Crippen LogP contribution in [0.15, 0.2) is 54.1 Å². The molecule has 0 bridgehead atoms. The second-order valence-electron chi connectivity index (χ2n) is 14.7. The van der Waals surface area contributed by atoms with Crippen LogP contribution in [0.4, 0.5) is 11.8 Å². The number of aromatic amines is 1. The molecular formula is C39H46N12O11P2. The number of phosphoric ester groups is 1. The molecule has 5 aromatic rings. The number of carbonyl (C=O) groups is 2. The highest BCUT2D eigenvalue weighted by Crippen LogP contribution is 2.54. The first kappa shape index (κ1) is 46.4. The Morgan fingerprint density at radius 1 is 0.938 bits per heavy atom. The smallest absolute Gasteiger partial charge is 0.352 e. The van der Waals surface area contributed by atoms with Crippen molar-refractivity contribution in [2.45, 2.75) is 83.6 Å². The fourth-order valence-corrected chi connectivity index (χ4v) is 9.20. The Bertz CT molecular complexity index is 2610. The topological polar surface area (TPSA) is 295 Å². The molecule has 1 aromatic carbocycles. The third-order valence-corrected chi connectivity index (χ3v) is 12.9. The number of carbonyl (C=O) groups excluding carboxylic acids is 2. The molecule has 2 aliphatic rings. The van der Waals surface area contributed by atoms with Gasteiger partial charge in [-0.3, -0.25) is 47.4 Å². The summed E-state index contributed by atoms with van der Waals surface area (Å²) in [6, 6.07) is 12.6. The number of rotatable bonds is 21. The van der Waals surface area contributed by atoms with Gasteiger partial charge in [0.1, 0.15) is 31.0 Å². The number of nitrogens with one attached hydrogen (secondary N) is 3. The highest BCUT2D eigenvalue weighted by molar-refractivity contribution is 7.48. The molecule has 0 radical (unpaired) electrons. The van der Waals surface area contributed by atoms with Gasteiger partial charge in [0.05, 0.1) is 70.2 Å². The second kappa shape index (κ2) is 21.4. The molecule has 338 valence electrons. The van der Waals surface area contributed by atoms with E-state index in [0.717, 1.165) is 0 Å². The summed E-state index contributed by atoms with van der Waals surface area (Å²) in [7, 11) is -5.89. The van der Waals surface area contributed by atoms with Crippen molar-refractivity contribution in [3.05, 3.63) is 65.2 Å². The lowest BCUT2D eigenvalue weighted by Gasteiger charge is -2.26. The van der Waals surface area contributed by atoms with E-state index >= 15 is 0 Å². The largest absolute Gasteiger partial charge is 0.475 e. The Labute approximate surface area is 367 Å². The van der Waals surface area contributed by atoms with E-state index in [4.69, 9.17) is 37.4 Å². The molecule has 23 nitrogen and oxygen atoms in total. The van der Waals surface area contributed by atoms with E-state index in [1.54, 1.807) is 53.3 Å². The minimum Gasteiger partial charge on any atom is -0.352 e. The van der Waals surface area contributed by atoms with Crippen LogP contribution in [-0.4, -0.2) is 102 Å². The third kappa shape index (κ3) is 11.2. The summed E-state index contributed by atoms with van der Waals surface area (Å²) >= 11 is 0. The second-order valence-corrected chi connectivity index (χ2v) is 18.2. The molecule has 3 N–H and O–H groups in total. The number of ether oxygens (including phenoxy) is 2. The number of anilines is 2. The molecule has 6 heterocycles. The van der Waals surface area contributed by atoms with E-state index in [0.29, 0.717) is 35.7 Å². The van der Waals surface area contributed by atoms with E-state index < -0.39 is 52.5 Å². The zero-order valence-electron chi connectivity index (χ0n) is 35.1. The molecule has 0 saturated carbocycles. The molecule has 25 heteroatoms. The number of aromatic nitrogens is 8. The van der Waals surface area contributed by atoms with Crippen molar-refractivity contribution >= 4 is 62.1 Å². The normalized spacial score (nSPS) is 21.1. The van der Waals surface area contributed by atoms with E-state index in [-0.39, 0.29) is 86.4 Å². The molecule has 0 spiro atoms. The number of hydrogen-bond acceptors (Lipinski definition) is 18. The first-order chi connectivity index (χ1) is 31.0. The van der Waals surface area contributed by atoms with Crippen molar-refractivity contribution in [3.63, 3.8) is 0 Å². The summed E-state index contributed by atoms with van der Waals surface area (Å²) in [6.45, 7) is 4.88. The molecule has 7 atom stereocenters. The summed E-state index contributed by atoms with van der Waals surface area (Å²) in [5, 5.41) is 23.7. The van der Waals surface area contributed by atoms with E-state index in [9.17, 15) is 24.2 Å². The molecular weight excluding hydrogens is 874 g/mol. The number of amides is 2. The first-order valence-electron chi connectivity index (χ1n) is 20.5. The van der Waals surface area contributed by atoms with Crippen molar-refractivity contribution < 1.29 is 46.2 Å². The zero-order valence-corrected chi connectivity index (χ0v) is 36.9. The van der Waals surface area contributed by atoms with Crippen LogP contribution in [-0.2, 0) is 41.5 Å². The number of benzene rings is 1. The van der Waals surface area contributed by atoms with Crippen molar-refractivity contribution in [1.82, 2.24) is 39.0 Å². The van der Waals surface area contributed by atoms with Gasteiger partial charge >= 0.3 is 7.82 Å². The van der Waals surface area contributed by atoms with Gasteiger partial charge in [0.25, 0.3) is 11.5 Å². The van der Waals surface area contributed by atoms with E-state index in [1.165, 1.54) is 19.0 Å². The average molecular weight is 921 g/mol. The van der Waals surface area contributed by atoms with E-state index in [2.05, 4.69) is 40.5 Å². The van der Waals surface area contributed by atoms with Crippen LogP contribution in [0.5, 0.6) is 0 Å². The van der Waals surface area contributed by atoms with Crippen LogP contribution in [0.3, 0.4) is 0 Å². The summed E-state index contributed by atoms with van der Waals surface area (Å²) in [5.74, 6) is -0.929. The van der Waals surface area contributed by atoms with Gasteiger partial charge in [0, 0.05) is 24.1 Å². The van der Waals surface area contributed by atoms with Gasteiger partial charge in [-0.2, -0.15) is 15.5 Å². The molecule has 2 amide bonds. The number of hydrogen-bond donors (Lipinski definition) is 3. The van der Waals surface area contributed by atoms with Gasteiger partial charge in [-0.25, -0.2) is 24.5 Å². The molecule has 2 fully saturated rings. The number of H-pyrrole nitrogens is 1. The van der Waals surface area contributed by atoms with Gasteiger partial charge in [-0.1, -0.05) is 39.0 Å². The third-order valence-electron chi connectivity index (χ3n) is 9.95. The molecule has 6 unspecified atom stereocenters. The molecule has 0 aliphatic carbocycles.